The van der Waals surface area contributed by atoms with E-state index in [4.69, 9.17) is 0 Å². The van der Waals surface area contributed by atoms with Crippen LogP contribution in [0.3, 0.4) is 0 Å². The third kappa shape index (κ3) is 5.57. The Kier molecular flexibility index (Phi) is 11.6. The molecule has 0 aliphatic rings. The quantitative estimate of drug-likeness (QED) is 0.510. The Balaban J connectivity index is 0. The van der Waals surface area contributed by atoms with E-state index in [0.717, 1.165) is 0 Å². The lowest BCUT2D eigenvalue weighted by Gasteiger charge is -2.18. The van der Waals surface area contributed by atoms with Gasteiger partial charge in [-0.3, -0.25) is 14.1 Å². The van der Waals surface area contributed by atoms with Crippen LogP contribution in [0.5, 0.6) is 0 Å². The molecule has 0 aliphatic carbocycles. The molecule has 0 aromatic heterocycles. The molecule has 0 radical (unpaired) electrons. The molecule has 0 spiro atoms. The van der Waals surface area contributed by atoms with Crippen molar-refractivity contribution in [1.29, 1.82) is 0 Å². The first-order chi connectivity index (χ1) is 9.45. The fourth-order valence-electron chi connectivity index (χ4n) is 2.18. The minimum absolute atomic E-state index is 0. The second-order valence-corrected chi connectivity index (χ2v) is 6.56. The maximum atomic E-state index is 2.23. The summed E-state index contributed by atoms with van der Waals surface area (Å²) in [5, 5.41) is 4.19. The van der Waals surface area contributed by atoms with Crippen LogP contribution in [0.15, 0.2) is 91.0 Å². The maximum Gasteiger partial charge on any atom is 0.0814 e. The first-order valence-electron chi connectivity index (χ1n) is 6.40. The Morgan fingerprint density at radius 2 is 0.609 bits per heavy atom. The van der Waals surface area contributed by atoms with Crippen molar-refractivity contribution < 1.29 is 14.1 Å². The summed E-state index contributed by atoms with van der Waals surface area (Å²) in [6.07, 6.45) is 0. The lowest BCUT2D eigenvalue weighted by Crippen LogP contribution is -2.20. The van der Waals surface area contributed by atoms with Gasteiger partial charge < -0.3 is 0 Å². The van der Waals surface area contributed by atoms with Crippen molar-refractivity contribution in [2.45, 2.75) is 0 Å². The van der Waals surface area contributed by atoms with Gasteiger partial charge in [-0.05, 0) is 23.8 Å². The highest BCUT2D eigenvalue weighted by Gasteiger charge is 2.14. The standard InChI is InChI=1S/C18H15P.BH3.3FH/c1-4-10-16(11-5-1)19(17-12-6-2-7-13-17)18-14-8-3-9-15-18;;;;/h1-15H;1H3;3*1H. The van der Waals surface area contributed by atoms with Crippen LogP contribution in [0.1, 0.15) is 0 Å². The van der Waals surface area contributed by atoms with E-state index in [-0.39, 0.29) is 22.5 Å². The number of halogens is 3. The maximum absolute atomic E-state index is 2.23. The van der Waals surface area contributed by atoms with E-state index in [1.54, 1.807) is 0 Å². The summed E-state index contributed by atoms with van der Waals surface area (Å²) in [7, 11) is -0.446. The molecule has 0 aliphatic heterocycles. The van der Waals surface area contributed by atoms with Crippen molar-refractivity contribution in [3.63, 3.8) is 0 Å². The van der Waals surface area contributed by atoms with Gasteiger partial charge in [0.15, 0.2) is 0 Å². The molecule has 0 atom stereocenters. The molecular weight excluding hydrogens is 315 g/mol. The molecule has 0 N–H and O–H groups in total. The van der Waals surface area contributed by atoms with Crippen molar-refractivity contribution in [3.05, 3.63) is 91.0 Å². The van der Waals surface area contributed by atoms with Gasteiger partial charge in [0.2, 0.25) is 0 Å². The number of hydrogen-bond donors (Lipinski definition) is 0. The number of hydrogen-bond acceptors (Lipinski definition) is 0. The Labute approximate surface area is 138 Å². The first-order valence-corrected chi connectivity index (χ1v) is 7.74. The predicted molar refractivity (Wildman–Crippen MR) is 103 cm³/mol. The zero-order valence-corrected chi connectivity index (χ0v) is 12.7. The van der Waals surface area contributed by atoms with Crippen LogP contribution in [0.25, 0.3) is 0 Å². The van der Waals surface area contributed by atoms with Gasteiger partial charge in [-0.15, -0.1) is 0 Å². The molecule has 3 aromatic carbocycles. The highest BCUT2D eigenvalue weighted by molar-refractivity contribution is 7.79. The van der Waals surface area contributed by atoms with Crippen molar-refractivity contribution in [2.75, 3.05) is 0 Å². The van der Waals surface area contributed by atoms with Gasteiger partial charge in [-0.1, -0.05) is 91.0 Å². The SMILES string of the molecule is B.F.F.F.c1ccc(P(c2ccccc2)c2ccccc2)cc1. The normalized spacial score (nSPS) is 8.74. The van der Waals surface area contributed by atoms with Gasteiger partial charge in [0, 0.05) is 0 Å². The average molecular weight is 336 g/mol. The molecule has 0 nitrogen and oxygen atoms in total. The molecule has 0 saturated heterocycles. The van der Waals surface area contributed by atoms with Crippen molar-refractivity contribution >= 4 is 32.2 Å². The van der Waals surface area contributed by atoms with Crippen LogP contribution in [0.4, 0.5) is 14.1 Å². The lowest BCUT2D eigenvalue weighted by molar-refractivity contribution is 1.11. The van der Waals surface area contributed by atoms with Crippen LogP contribution < -0.4 is 15.9 Å². The van der Waals surface area contributed by atoms with Gasteiger partial charge in [-0.25, -0.2) is 0 Å². The highest BCUT2D eigenvalue weighted by Crippen LogP contribution is 2.32. The van der Waals surface area contributed by atoms with Crippen LogP contribution in [-0.4, -0.2) is 8.41 Å². The summed E-state index contributed by atoms with van der Waals surface area (Å²) in [4.78, 5) is 0. The van der Waals surface area contributed by atoms with Crippen LogP contribution >= 0.6 is 7.92 Å². The second-order valence-electron chi connectivity index (χ2n) is 4.34. The molecule has 0 fully saturated rings. The fourth-order valence-corrected chi connectivity index (χ4v) is 4.48. The number of rotatable bonds is 3. The van der Waals surface area contributed by atoms with E-state index < -0.39 is 7.92 Å². The van der Waals surface area contributed by atoms with Crippen molar-refractivity contribution in [3.8, 4) is 0 Å². The molecule has 0 heterocycles. The van der Waals surface area contributed by atoms with E-state index in [1.807, 2.05) is 0 Å². The minimum Gasteiger partial charge on any atom is -0.269 e. The molecule has 5 heteroatoms. The Bertz CT molecular complexity index is 542. The van der Waals surface area contributed by atoms with E-state index in [0.29, 0.717) is 0 Å². The first kappa shape index (κ1) is 23.2. The van der Waals surface area contributed by atoms with E-state index in [2.05, 4.69) is 91.0 Å². The molecule has 0 saturated carbocycles. The molecular formula is C18H21BF3P. The highest BCUT2D eigenvalue weighted by atomic mass is 31.1. The van der Waals surface area contributed by atoms with Crippen molar-refractivity contribution in [1.82, 2.24) is 0 Å². The Morgan fingerprint density at radius 3 is 0.826 bits per heavy atom. The average Bonchev–Trinajstić information content (AvgIpc) is 2.51. The topological polar surface area (TPSA) is 0 Å². The van der Waals surface area contributed by atoms with E-state index in [9.17, 15) is 0 Å². The zero-order valence-electron chi connectivity index (χ0n) is 11.8. The van der Waals surface area contributed by atoms with Crippen LogP contribution in [0, 0.1) is 0 Å². The largest absolute Gasteiger partial charge is 0.269 e. The Morgan fingerprint density at radius 1 is 0.391 bits per heavy atom. The monoisotopic (exact) mass is 336 g/mol. The van der Waals surface area contributed by atoms with Gasteiger partial charge in [0.25, 0.3) is 0 Å². The van der Waals surface area contributed by atoms with Gasteiger partial charge >= 0.3 is 0 Å². The smallest absolute Gasteiger partial charge is 0.0814 e. The summed E-state index contributed by atoms with van der Waals surface area (Å²) < 4.78 is 0. The third-order valence-corrected chi connectivity index (χ3v) is 5.49. The summed E-state index contributed by atoms with van der Waals surface area (Å²) in [5.41, 5.74) is 0. The molecule has 0 bridgehead atoms. The number of benzene rings is 3. The molecule has 3 aromatic rings. The molecule has 0 unspecified atom stereocenters. The Hall–Kier alpha value is -2.06. The van der Waals surface area contributed by atoms with Crippen molar-refractivity contribution in [2.24, 2.45) is 0 Å². The summed E-state index contributed by atoms with van der Waals surface area (Å²) >= 11 is 0. The summed E-state index contributed by atoms with van der Waals surface area (Å²) in [6, 6.07) is 32.3. The summed E-state index contributed by atoms with van der Waals surface area (Å²) in [5.74, 6) is 0. The van der Waals surface area contributed by atoms with Crippen LogP contribution in [-0.2, 0) is 0 Å². The molecule has 0 amide bonds. The molecule has 23 heavy (non-hydrogen) atoms. The van der Waals surface area contributed by atoms with Gasteiger partial charge in [0.05, 0.1) is 8.41 Å². The summed E-state index contributed by atoms with van der Waals surface area (Å²) in [6.45, 7) is 0. The second kappa shape index (κ2) is 11.5. The molecule has 122 valence electrons. The third-order valence-electron chi connectivity index (χ3n) is 3.04. The van der Waals surface area contributed by atoms with Gasteiger partial charge in [-0.2, -0.15) is 0 Å². The lowest BCUT2D eigenvalue weighted by atomic mass is 10.4. The predicted octanol–water partition coefficient (Wildman–Crippen LogP) is 2.72. The van der Waals surface area contributed by atoms with E-state index in [1.165, 1.54) is 15.9 Å². The fraction of sp³-hybridized carbons (Fsp3) is 0. The van der Waals surface area contributed by atoms with Crippen LogP contribution in [0.2, 0.25) is 0 Å². The van der Waals surface area contributed by atoms with E-state index >= 15 is 0 Å². The minimum atomic E-state index is -0.446. The molecule has 3 rings (SSSR count). The van der Waals surface area contributed by atoms with Gasteiger partial charge in [0.1, 0.15) is 0 Å². The zero-order chi connectivity index (χ0) is 12.9.